The highest BCUT2D eigenvalue weighted by atomic mass is 16.6. The number of rotatable bonds is 4. The van der Waals surface area contributed by atoms with E-state index in [1.54, 1.807) is 0 Å². The number of aryl methyl sites for hydroxylation is 1. The Morgan fingerprint density at radius 1 is 1.31 bits per heavy atom. The van der Waals surface area contributed by atoms with Gasteiger partial charge in [0.1, 0.15) is 0 Å². The minimum Gasteiger partial charge on any atom is -0.302 e. The summed E-state index contributed by atoms with van der Waals surface area (Å²) in [5, 5.41) is 0. The molecular weight excluding hydrogens is 162 g/mol. The molecule has 1 aromatic rings. The molecule has 0 fully saturated rings. The van der Waals surface area contributed by atoms with E-state index in [0.717, 1.165) is 0 Å². The van der Waals surface area contributed by atoms with Crippen molar-refractivity contribution in [3.05, 3.63) is 35.4 Å². The molecule has 2 nitrogen and oxygen atoms in total. The summed E-state index contributed by atoms with van der Waals surface area (Å²) in [4.78, 5) is 5.13. The van der Waals surface area contributed by atoms with Gasteiger partial charge in [0, 0.05) is 0 Å². The van der Waals surface area contributed by atoms with E-state index in [9.17, 15) is 0 Å². The van der Waals surface area contributed by atoms with Crippen molar-refractivity contribution < 1.29 is 4.84 Å². The second kappa shape index (κ2) is 5.00. The van der Waals surface area contributed by atoms with Gasteiger partial charge in [-0.25, -0.2) is 0 Å². The topological polar surface area (TPSA) is 21.3 Å². The molecule has 0 heterocycles. The highest BCUT2D eigenvalue weighted by Crippen LogP contribution is 2.12. The van der Waals surface area contributed by atoms with Gasteiger partial charge in [-0.05, 0) is 26.3 Å². The van der Waals surface area contributed by atoms with E-state index in [4.69, 9.17) is 4.84 Å². The summed E-state index contributed by atoms with van der Waals surface area (Å²) in [5.41, 5.74) is 5.50. The Bertz CT molecular complexity index is 243. The molecule has 2 heteroatoms. The van der Waals surface area contributed by atoms with Gasteiger partial charge in [0.2, 0.25) is 0 Å². The van der Waals surface area contributed by atoms with Crippen LogP contribution < -0.4 is 5.48 Å². The Labute approximate surface area is 79.9 Å². The van der Waals surface area contributed by atoms with Gasteiger partial charge in [0.05, 0.1) is 12.6 Å². The van der Waals surface area contributed by atoms with Gasteiger partial charge in [-0.3, -0.25) is 0 Å². The van der Waals surface area contributed by atoms with Crippen molar-refractivity contribution in [2.45, 2.75) is 26.8 Å². The molecule has 1 rings (SSSR count). The molecule has 1 N–H and O–H groups in total. The molecule has 0 aromatic heterocycles. The number of hydrogen-bond donors (Lipinski definition) is 1. The van der Waals surface area contributed by atoms with Crippen molar-refractivity contribution in [1.82, 2.24) is 5.48 Å². The third kappa shape index (κ3) is 3.17. The number of hydrogen-bond acceptors (Lipinski definition) is 2. The van der Waals surface area contributed by atoms with Gasteiger partial charge in [0.15, 0.2) is 0 Å². The van der Waals surface area contributed by atoms with Crippen LogP contribution in [0.5, 0.6) is 0 Å². The van der Waals surface area contributed by atoms with Crippen molar-refractivity contribution >= 4 is 0 Å². The Kier molecular flexibility index (Phi) is 3.93. The van der Waals surface area contributed by atoms with Crippen LogP contribution in [0.1, 0.15) is 31.0 Å². The lowest BCUT2D eigenvalue weighted by molar-refractivity contribution is 0.0285. The van der Waals surface area contributed by atoms with Crippen LogP contribution in [-0.2, 0) is 4.84 Å². The van der Waals surface area contributed by atoms with Crippen molar-refractivity contribution in [3.63, 3.8) is 0 Å². The molecule has 13 heavy (non-hydrogen) atoms. The van der Waals surface area contributed by atoms with Gasteiger partial charge in [0.25, 0.3) is 0 Å². The third-order valence-corrected chi connectivity index (χ3v) is 1.98. The molecule has 0 aliphatic heterocycles. The molecule has 0 amide bonds. The predicted octanol–water partition coefficient (Wildman–Crippen LogP) is 2.60. The van der Waals surface area contributed by atoms with Crippen LogP contribution in [0.4, 0.5) is 0 Å². The maximum atomic E-state index is 5.13. The van der Waals surface area contributed by atoms with Crippen molar-refractivity contribution in [2.75, 3.05) is 6.61 Å². The van der Waals surface area contributed by atoms with E-state index in [0.29, 0.717) is 6.61 Å². The molecule has 0 saturated carbocycles. The zero-order chi connectivity index (χ0) is 9.68. The molecule has 0 aliphatic carbocycles. The second-order valence-corrected chi connectivity index (χ2v) is 3.18. The first-order valence-electron chi connectivity index (χ1n) is 4.68. The second-order valence-electron chi connectivity index (χ2n) is 3.18. The molecule has 0 spiro atoms. The fourth-order valence-corrected chi connectivity index (χ4v) is 1.13. The SMILES string of the molecule is CCON[C@@H](C)c1ccc(C)cc1. The van der Waals surface area contributed by atoms with Crippen LogP contribution >= 0.6 is 0 Å². The number of hydroxylamine groups is 1. The highest BCUT2D eigenvalue weighted by molar-refractivity contribution is 5.23. The van der Waals surface area contributed by atoms with Gasteiger partial charge >= 0.3 is 0 Å². The summed E-state index contributed by atoms with van der Waals surface area (Å²) in [6.45, 7) is 6.83. The monoisotopic (exact) mass is 179 g/mol. The number of nitrogens with one attached hydrogen (secondary N) is 1. The lowest BCUT2D eigenvalue weighted by Gasteiger charge is -2.13. The van der Waals surface area contributed by atoms with Crippen LogP contribution in [0.2, 0.25) is 0 Å². The zero-order valence-corrected chi connectivity index (χ0v) is 8.50. The van der Waals surface area contributed by atoms with Gasteiger partial charge in [-0.15, -0.1) is 0 Å². The molecule has 0 aliphatic rings. The average Bonchev–Trinajstić information content (AvgIpc) is 2.15. The summed E-state index contributed by atoms with van der Waals surface area (Å²) >= 11 is 0. The quantitative estimate of drug-likeness (QED) is 0.717. The normalized spacial score (nSPS) is 12.8. The van der Waals surface area contributed by atoms with Crippen molar-refractivity contribution in [3.8, 4) is 0 Å². The highest BCUT2D eigenvalue weighted by Gasteiger charge is 2.02. The van der Waals surface area contributed by atoms with Gasteiger partial charge in [-0.2, -0.15) is 5.48 Å². The van der Waals surface area contributed by atoms with Crippen LogP contribution in [-0.4, -0.2) is 6.61 Å². The summed E-state index contributed by atoms with van der Waals surface area (Å²) in [6, 6.07) is 8.71. The molecule has 0 bridgehead atoms. The minimum atomic E-state index is 0.251. The summed E-state index contributed by atoms with van der Waals surface area (Å²) in [6.07, 6.45) is 0. The molecule has 0 radical (unpaired) electrons. The maximum absolute atomic E-state index is 5.13. The molecule has 72 valence electrons. The summed E-state index contributed by atoms with van der Waals surface area (Å²) in [7, 11) is 0. The van der Waals surface area contributed by atoms with E-state index in [-0.39, 0.29) is 6.04 Å². The van der Waals surface area contributed by atoms with Gasteiger partial charge in [-0.1, -0.05) is 29.8 Å². The first-order chi connectivity index (χ1) is 6.24. The lowest BCUT2D eigenvalue weighted by atomic mass is 10.1. The largest absolute Gasteiger partial charge is 0.302 e. The molecule has 1 atom stereocenters. The Morgan fingerprint density at radius 2 is 1.92 bits per heavy atom. The van der Waals surface area contributed by atoms with E-state index < -0.39 is 0 Å². The smallest absolute Gasteiger partial charge is 0.0654 e. The summed E-state index contributed by atoms with van der Waals surface area (Å²) in [5.74, 6) is 0. The van der Waals surface area contributed by atoms with Crippen LogP contribution in [0, 0.1) is 6.92 Å². The lowest BCUT2D eigenvalue weighted by Crippen LogP contribution is -2.18. The van der Waals surface area contributed by atoms with Crippen LogP contribution in [0.3, 0.4) is 0 Å². The minimum absolute atomic E-state index is 0.251. The third-order valence-electron chi connectivity index (χ3n) is 1.98. The Balaban J connectivity index is 2.55. The molecular formula is C11H17NO. The zero-order valence-electron chi connectivity index (χ0n) is 8.50. The standard InChI is InChI=1S/C11H17NO/c1-4-13-12-10(3)11-7-5-9(2)6-8-11/h5-8,10,12H,4H2,1-3H3/t10-/m0/s1. The van der Waals surface area contributed by atoms with E-state index >= 15 is 0 Å². The number of benzene rings is 1. The molecule has 1 aromatic carbocycles. The Hall–Kier alpha value is -0.860. The molecule has 0 unspecified atom stereocenters. The van der Waals surface area contributed by atoms with E-state index in [2.05, 4.69) is 43.6 Å². The van der Waals surface area contributed by atoms with Crippen LogP contribution in [0.25, 0.3) is 0 Å². The van der Waals surface area contributed by atoms with E-state index in [1.807, 2.05) is 6.92 Å². The van der Waals surface area contributed by atoms with Crippen molar-refractivity contribution in [2.24, 2.45) is 0 Å². The Morgan fingerprint density at radius 3 is 2.46 bits per heavy atom. The first-order valence-corrected chi connectivity index (χ1v) is 4.68. The van der Waals surface area contributed by atoms with Crippen molar-refractivity contribution in [1.29, 1.82) is 0 Å². The fourth-order valence-electron chi connectivity index (χ4n) is 1.13. The first kappa shape index (κ1) is 10.2. The average molecular weight is 179 g/mol. The van der Waals surface area contributed by atoms with E-state index in [1.165, 1.54) is 11.1 Å². The van der Waals surface area contributed by atoms with Gasteiger partial charge < -0.3 is 4.84 Å². The summed E-state index contributed by atoms with van der Waals surface area (Å²) < 4.78 is 0. The van der Waals surface area contributed by atoms with Crippen LogP contribution in [0.15, 0.2) is 24.3 Å². The maximum Gasteiger partial charge on any atom is 0.0654 e. The fraction of sp³-hybridized carbons (Fsp3) is 0.455. The molecule has 0 saturated heterocycles. The predicted molar refractivity (Wildman–Crippen MR) is 54.4 cm³/mol.